The van der Waals surface area contributed by atoms with Crippen molar-refractivity contribution in [3.05, 3.63) is 45.1 Å². The van der Waals surface area contributed by atoms with Gasteiger partial charge in [0.2, 0.25) is 6.20 Å². The normalized spacial score (nSPS) is 13.4. The monoisotopic (exact) mass is 261 g/mol. The van der Waals surface area contributed by atoms with E-state index in [-0.39, 0.29) is 0 Å². The molecule has 1 aromatic rings. The summed E-state index contributed by atoms with van der Waals surface area (Å²) in [6, 6.07) is 1.76. The number of fused-ring (bicyclic) bond motifs is 1. The minimum atomic E-state index is -0.495. The number of methoxy groups -OCH3 is 2. The third kappa shape index (κ3) is 2.59. The quantitative estimate of drug-likeness (QED) is 0.617. The molecule has 0 aromatic heterocycles. The molecule has 1 aliphatic rings. The van der Waals surface area contributed by atoms with Crippen molar-refractivity contribution in [2.45, 2.75) is 12.8 Å². The minimum absolute atomic E-state index is 0.495. The maximum absolute atomic E-state index is 10.5. The second kappa shape index (κ2) is 5.56. The summed E-state index contributed by atoms with van der Waals surface area (Å²) < 4.78 is 10.8. The van der Waals surface area contributed by atoms with E-state index in [0.717, 1.165) is 30.2 Å². The molecule has 2 rings (SSSR count). The van der Waals surface area contributed by atoms with Gasteiger partial charge in [0.05, 0.1) is 19.1 Å². The first kappa shape index (κ1) is 13.1. The second-order valence-electron chi connectivity index (χ2n) is 4.14. The molecule has 0 spiro atoms. The number of benzene rings is 1. The fraction of sp³-hybridized carbons (Fsp3) is 0.286. The highest BCUT2D eigenvalue weighted by Gasteiger charge is 2.18. The van der Waals surface area contributed by atoms with Crippen molar-refractivity contribution in [2.24, 2.45) is 0 Å². The zero-order valence-corrected chi connectivity index (χ0v) is 10.9. The van der Waals surface area contributed by atoms with E-state index < -0.39 is 4.92 Å². The van der Waals surface area contributed by atoms with Gasteiger partial charge in [-0.25, -0.2) is 0 Å². The number of allylic oxidation sites excluding steroid dienone is 1. The van der Waals surface area contributed by atoms with Gasteiger partial charge >= 0.3 is 0 Å². The van der Waals surface area contributed by atoms with Crippen molar-refractivity contribution >= 4 is 12.2 Å². The predicted octanol–water partition coefficient (Wildman–Crippen LogP) is 2.91. The van der Waals surface area contributed by atoms with Gasteiger partial charge in [-0.3, -0.25) is 10.1 Å². The predicted molar refractivity (Wildman–Crippen MR) is 72.9 cm³/mol. The maximum Gasteiger partial charge on any atom is 0.235 e. The summed E-state index contributed by atoms with van der Waals surface area (Å²) in [6.07, 6.45) is 8.18. The lowest BCUT2D eigenvalue weighted by Gasteiger charge is -2.19. The van der Waals surface area contributed by atoms with Crippen LogP contribution in [0.2, 0.25) is 0 Å². The standard InChI is InChI=1S/C14H15NO4/c1-18-13-9-10(7-8-15(16)17)14(19-2)12-6-4-3-5-11(12)13/h3,5,7-9H,4,6H2,1-2H3/b8-7+. The van der Waals surface area contributed by atoms with Crippen LogP contribution in [0.3, 0.4) is 0 Å². The Bertz CT molecular complexity index is 561. The SMILES string of the molecule is COc1cc(/C=C/[N+](=O)[O-])c(OC)c2c1C=CCC2. The summed E-state index contributed by atoms with van der Waals surface area (Å²) in [5.41, 5.74) is 2.68. The van der Waals surface area contributed by atoms with Gasteiger partial charge < -0.3 is 9.47 Å². The number of hydrogen-bond acceptors (Lipinski definition) is 4. The molecule has 0 atom stereocenters. The smallest absolute Gasteiger partial charge is 0.235 e. The molecule has 0 N–H and O–H groups in total. The molecular formula is C14H15NO4. The molecule has 0 amide bonds. The molecule has 1 aromatic carbocycles. The third-order valence-corrected chi connectivity index (χ3v) is 3.06. The Labute approximate surface area is 111 Å². The van der Waals surface area contributed by atoms with Crippen LogP contribution in [0.15, 0.2) is 18.3 Å². The van der Waals surface area contributed by atoms with E-state index in [0.29, 0.717) is 17.1 Å². The first-order chi connectivity index (χ1) is 9.17. The lowest BCUT2D eigenvalue weighted by molar-refractivity contribution is -0.400. The van der Waals surface area contributed by atoms with Crippen molar-refractivity contribution in [3.8, 4) is 11.5 Å². The van der Waals surface area contributed by atoms with Crippen LogP contribution in [-0.4, -0.2) is 19.1 Å². The van der Waals surface area contributed by atoms with E-state index in [1.165, 1.54) is 6.08 Å². The summed E-state index contributed by atoms with van der Waals surface area (Å²) >= 11 is 0. The van der Waals surface area contributed by atoms with Gasteiger partial charge in [-0.2, -0.15) is 0 Å². The second-order valence-corrected chi connectivity index (χ2v) is 4.14. The van der Waals surface area contributed by atoms with Crippen LogP contribution in [0.4, 0.5) is 0 Å². The Kier molecular flexibility index (Phi) is 3.85. The maximum atomic E-state index is 10.5. The van der Waals surface area contributed by atoms with E-state index in [4.69, 9.17) is 9.47 Å². The van der Waals surface area contributed by atoms with E-state index in [2.05, 4.69) is 6.08 Å². The summed E-state index contributed by atoms with van der Waals surface area (Å²) in [4.78, 5) is 9.96. The summed E-state index contributed by atoms with van der Waals surface area (Å²) in [5.74, 6) is 1.38. The zero-order valence-electron chi connectivity index (χ0n) is 10.9. The molecule has 1 aliphatic carbocycles. The fourth-order valence-corrected chi connectivity index (χ4v) is 2.26. The van der Waals surface area contributed by atoms with Crippen molar-refractivity contribution in [1.82, 2.24) is 0 Å². The van der Waals surface area contributed by atoms with Crippen molar-refractivity contribution in [1.29, 1.82) is 0 Å². The van der Waals surface area contributed by atoms with Gasteiger partial charge in [0, 0.05) is 22.8 Å². The van der Waals surface area contributed by atoms with Crippen LogP contribution in [0.5, 0.6) is 11.5 Å². The highest BCUT2D eigenvalue weighted by molar-refractivity contribution is 5.73. The van der Waals surface area contributed by atoms with E-state index in [1.54, 1.807) is 20.3 Å². The molecule has 0 heterocycles. The molecule has 0 saturated carbocycles. The van der Waals surface area contributed by atoms with Gasteiger partial charge in [0.25, 0.3) is 0 Å². The number of nitro groups is 1. The molecule has 5 heteroatoms. The van der Waals surface area contributed by atoms with Crippen molar-refractivity contribution in [3.63, 3.8) is 0 Å². The lowest BCUT2D eigenvalue weighted by atomic mass is 9.93. The molecule has 0 aliphatic heterocycles. The summed E-state index contributed by atoms with van der Waals surface area (Å²) in [6.45, 7) is 0. The largest absolute Gasteiger partial charge is 0.496 e. The lowest BCUT2D eigenvalue weighted by Crippen LogP contribution is -2.03. The van der Waals surface area contributed by atoms with Crippen LogP contribution >= 0.6 is 0 Å². The molecule has 100 valence electrons. The zero-order chi connectivity index (χ0) is 13.8. The first-order valence-corrected chi connectivity index (χ1v) is 5.93. The first-order valence-electron chi connectivity index (χ1n) is 5.93. The molecule has 5 nitrogen and oxygen atoms in total. The minimum Gasteiger partial charge on any atom is -0.496 e. The molecule has 0 radical (unpaired) electrons. The molecule has 0 saturated heterocycles. The molecular weight excluding hydrogens is 246 g/mol. The van der Waals surface area contributed by atoms with Crippen LogP contribution in [0.1, 0.15) is 23.1 Å². The van der Waals surface area contributed by atoms with Gasteiger partial charge in [-0.15, -0.1) is 0 Å². The van der Waals surface area contributed by atoms with Gasteiger partial charge in [0.15, 0.2) is 0 Å². The number of rotatable bonds is 4. The number of hydrogen-bond donors (Lipinski definition) is 0. The average Bonchev–Trinajstić information content (AvgIpc) is 2.43. The highest BCUT2D eigenvalue weighted by atomic mass is 16.6. The molecule has 19 heavy (non-hydrogen) atoms. The van der Waals surface area contributed by atoms with E-state index in [9.17, 15) is 10.1 Å². The Balaban J connectivity index is 2.61. The highest BCUT2D eigenvalue weighted by Crippen LogP contribution is 2.38. The van der Waals surface area contributed by atoms with Gasteiger partial charge in [-0.05, 0) is 18.9 Å². The molecule has 0 fully saturated rings. The summed E-state index contributed by atoms with van der Waals surface area (Å²) in [7, 11) is 3.16. The van der Waals surface area contributed by atoms with Gasteiger partial charge in [0.1, 0.15) is 11.5 Å². The Morgan fingerprint density at radius 1 is 1.37 bits per heavy atom. The topological polar surface area (TPSA) is 61.6 Å². The van der Waals surface area contributed by atoms with E-state index >= 15 is 0 Å². The fourth-order valence-electron chi connectivity index (χ4n) is 2.26. The van der Waals surface area contributed by atoms with Crippen LogP contribution in [0.25, 0.3) is 12.2 Å². The number of nitrogens with zero attached hydrogens (tertiary/aromatic N) is 1. The summed E-state index contributed by atoms with van der Waals surface area (Å²) in [5, 5.41) is 10.5. The van der Waals surface area contributed by atoms with E-state index in [1.807, 2.05) is 6.08 Å². The third-order valence-electron chi connectivity index (χ3n) is 3.06. The van der Waals surface area contributed by atoms with Crippen LogP contribution in [-0.2, 0) is 6.42 Å². The average molecular weight is 261 g/mol. The van der Waals surface area contributed by atoms with Crippen LogP contribution < -0.4 is 9.47 Å². The Morgan fingerprint density at radius 3 is 2.79 bits per heavy atom. The number of ether oxygens (including phenoxy) is 2. The van der Waals surface area contributed by atoms with Crippen LogP contribution in [0, 0.1) is 10.1 Å². The Morgan fingerprint density at radius 2 is 2.16 bits per heavy atom. The molecule has 0 unspecified atom stereocenters. The Hall–Kier alpha value is -2.30. The van der Waals surface area contributed by atoms with Crippen molar-refractivity contribution in [2.75, 3.05) is 14.2 Å². The van der Waals surface area contributed by atoms with Gasteiger partial charge in [-0.1, -0.05) is 12.2 Å². The van der Waals surface area contributed by atoms with Crippen molar-refractivity contribution < 1.29 is 14.4 Å². The molecule has 0 bridgehead atoms.